The summed E-state index contributed by atoms with van der Waals surface area (Å²) in [5.41, 5.74) is 3.17. The van der Waals surface area contributed by atoms with Gasteiger partial charge in [0.1, 0.15) is 0 Å². The van der Waals surface area contributed by atoms with Crippen LogP contribution in [0.15, 0.2) is 18.2 Å². The van der Waals surface area contributed by atoms with Crippen LogP contribution >= 0.6 is 0 Å². The van der Waals surface area contributed by atoms with Gasteiger partial charge in [0, 0.05) is 12.2 Å². The van der Waals surface area contributed by atoms with E-state index in [1.54, 1.807) is 0 Å². The van der Waals surface area contributed by atoms with Gasteiger partial charge < -0.3 is 10.4 Å². The molecule has 112 valence electrons. The highest BCUT2D eigenvalue weighted by Gasteiger charge is 2.12. The van der Waals surface area contributed by atoms with Crippen LogP contribution in [0.1, 0.15) is 31.4 Å². The summed E-state index contributed by atoms with van der Waals surface area (Å²) >= 11 is 0. The highest BCUT2D eigenvalue weighted by atomic mass is 16.3. The molecule has 0 aliphatic rings. The molecule has 1 aromatic rings. The van der Waals surface area contributed by atoms with Crippen molar-refractivity contribution in [1.82, 2.24) is 4.90 Å². The van der Waals surface area contributed by atoms with Crippen molar-refractivity contribution in [2.24, 2.45) is 0 Å². The van der Waals surface area contributed by atoms with Gasteiger partial charge in [-0.25, -0.2) is 0 Å². The van der Waals surface area contributed by atoms with Crippen LogP contribution in [0, 0.1) is 6.92 Å². The minimum Gasteiger partial charge on any atom is -0.395 e. The van der Waals surface area contributed by atoms with E-state index in [0.29, 0.717) is 13.1 Å². The number of para-hydroxylation sites is 1. The molecule has 0 unspecified atom stereocenters. The maximum absolute atomic E-state index is 12.2. The molecule has 0 radical (unpaired) electrons. The Kier molecular flexibility index (Phi) is 7.26. The normalized spacial score (nSPS) is 10.8. The van der Waals surface area contributed by atoms with Gasteiger partial charge in [0.15, 0.2) is 0 Å². The van der Waals surface area contributed by atoms with E-state index in [1.165, 1.54) is 0 Å². The molecule has 0 saturated heterocycles. The minimum atomic E-state index is -0.0177. The van der Waals surface area contributed by atoms with Crippen LogP contribution in [0.5, 0.6) is 0 Å². The van der Waals surface area contributed by atoms with Crippen molar-refractivity contribution in [3.05, 3.63) is 29.3 Å². The average Bonchev–Trinajstić information content (AvgIpc) is 2.41. The number of amides is 1. The van der Waals surface area contributed by atoms with Crippen LogP contribution in [0.2, 0.25) is 0 Å². The predicted molar refractivity (Wildman–Crippen MR) is 83.0 cm³/mol. The molecule has 4 nitrogen and oxygen atoms in total. The molecular formula is C16H26N2O2. The molecule has 2 N–H and O–H groups in total. The molecule has 0 atom stereocenters. The van der Waals surface area contributed by atoms with E-state index >= 15 is 0 Å². The Morgan fingerprint density at radius 3 is 2.65 bits per heavy atom. The van der Waals surface area contributed by atoms with Gasteiger partial charge in [-0.05, 0) is 37.4 Å². The molecule has 0 heterocycles. The molecule has 20 heavy (non-hydrogen) atoms. The van der Waals surface area contributed by atoms with Gasteiger partial charge in [-0.2, -0.15) is 0 Å². The molecule has 0 spiro atoms. The Morgan fingerprint density at radius 1 is 1.30 bits per heavy atom. The Labute approximate surface area is 121 Å². The second kappa shape index (κ2) is 8.72. The highest BCUT2D eigenvalue weighted by molar-refractivity contribution is 5.93. The molecule has 0 bridgehead atoms. The molecule has 4 heteroatoms. The van der Waals surface area contributed by atoms with Crippen molar-refractivity contribution in [1.29, 1.82) is 0 Å². The average molecular weight is 278 g/mol. The van der Waals surface area contributed by atoms with Crippen LogP contribution in [0.25, 0.3) is 0 Å². The standard InChI is InChI=1S/C16H26N2O2/c1-4-9-18(10-11-19)12-15(20)17-16-13(3)7-6-8-14(16)5-2/h6-8,19H,4-5,9-12H2,1-3H3,(H,17,20). The number of rotatable bonds is 8. The molecule has 0 aromatic heterocycles. The second-order valence-corrected chi connectivity index (χ2v) is 5.01. The number of aliphatic hydroxyl groups excluding tert-OH is 1. The first-order chi connectivity index (χ1) is 9.62. The van der Waals surface area contributed by atoms with Crippen LogP contribution in [-0.2, 0) is 11.2 Å². The summed E-state index contributed by atoms with van der Waals surface area (Å²) < 4.78 is 0. The zero-order valence-corrected chi connectivity index (χ0v) is 12.8. The molecule has 1 aromatic carbocycles. The first kappa shape index (κ1) is 16.7. The van der Waals surface area contributed by atoms with Crippen LogP contribution in [0.4, 0.5) is 5.69 Å². The smallest absolute Gasteiger partial charge is 0.238 e. The van der Waals surface area contributed by atoms with Crippen molar-refractivity contribution in [3.63, 3.8) is 0 Å². The van der Waals surface area contributed by atoms with Crippen molar-refractivity contribution in [2.75, 3.05) is 31.6 Å². The lowest BCUT2D eigenvalue weighted by molar-refractivity contribution is -0.117. The Bertz CT molecular complexity index is 426. The zero-order valence-electron chi connectivity index (χ0n) is 12.8. The molecular weight excluding hydrogens is 252 g/mol. The number of anilines is 1. The van der Waals surface area contributed by atoms with E-state index in [-0.39, 0.29) is 12.5 Å². The molecule has 0 saturated carbocycles. The quantitative estimate of drug-likeness (QED) is 0.766. The summed E-state index contributed by atoms with van der Waals surface area (Å²) in [6.45, 7) is 7.92. The van der Waals surface area contributed by atoms with E-state index in [4.69, 9.17) is 5.11 Å². The number of hydrogen-bond donors (Lipinski definition) is 2. The molecule has 1 amide bonds. The number of nitrogens with zero attached hydrogens (tertiary/aromatic N) is 1. The van der Waals surface area contributed by atoms with E-state index in [1.807, 2.05) is 30.0 Å². The number of nitrogens with one attached hydrogen (secondary N) is 1. The number of hydrogen-bond acceptors (Lipinski definition) is 3. The van der Waals surface area contributed by atoms with Gasteiger partial charge in [-0.15, -0.1) is 0 Å². The number of aliphatic hydroxyl groups is 1. The maximum atomic E-state index is 12.2. The summed E-state index contributed by atoms with van der Waals surface area (Å²) in [6, 6.07) is 6.06. The van der Waals surface area contributed by atoms with Crippen LogP contribution in [0.3, 0.4) is 0 Å². The lowest BCUT2D eigenvalue weighted by Crippen LogP contribution is -2.36. The monoisotopic (exact) mass is 278 g/mol. The van der Waals surface area contributed by atoms with Crippen molar-refractivity contribution >= 4 is 11.6 Å². The molecule has 1 rings (SSSR count). The summed E-state index contributed by atoms with van der Waals surface area (Å²) in [6.07, 6.45) is 1.87. The maximum Gasteiger partial charge on any atom is 0.238 e. The first-order valence-corrected chi connectivity index (χ1v) is 7.33. The van der Waals surface area contributed by atoms with E-state index in [9.17, 15) is 4.79 Å². The van der Waals surface area contributed by atoms with Crippen molar-refractivity contribution in [2.45, 2.75) is 33.6 Å². The van der Waals surface area contributed by atoms with E-state index in [0.717, 1.165) is 36.2 Å². The van der Waals surface area contributed by atoms with Crippen LogP contribution < -0.4 is 5.32 Å². The third-order valence-corrected chi connectivity index (χ3v) is 3.33. The lowest BCUT2D eigenvalue weighted by atomic mass is 10.1. The number of carbonyl (C=O) groups is 1. The van der Waals surface area contributed by atoms with Crippen molar-refractivity contribution < 1.29 is 9.90 Å². The van der Waals surface area contributed by atoms with Gasteiger partial charge in [0.2, 0.25) is 5.91 Å². The Hall–Kier alpha value is -1.39. The molecule has 0 fully saturated rings. The fraction of sp³-hybridized carbons (Fsp3) is 0.562. The van der Waals surface area contributed by atoms with Crippen molar-refractivity contribution in [3.8, 4) is 0 Å². The Morgan fingerprint density at radius 2 is 2.05 bits per heavy atom. The summed E-state index contributed by atoms with van der Waals surface area (Å²) in [4.78, 5) is 14.1. The van der Waals surface area contributed by atoms with Gasteiger partial charge in [0.05, 0.1) is 13.2 Å². The summed E-state index contributed by atoms with van der Waals surface area (Å²) in [5, 5.41) is 12.0. The SMILES string of the molecule is CCCN(CCO)CC(=O)Nc1c(C)cccc1CC. The third-order valence-electron chi connectivity index (χ3n) is 3.33. The largest absolute Gasteiger partial charge is 0.395 e. The number of aryl methyl sites for hydroxylation is 2. The molecule has 0 aliphatic heterocycles. The zero-order chi connectivity index (χ0) is 15.0. The predicted octanol–water partition coefficient (Wildman–Crippen LogP) is 2.20. The molecule has 0 aliphatic carbocycles. The number of benzene rings is 1. The third kappa shape index (κ3) is 4.94. The summed E-state index contributed by atoms with van der Waals surface area (Å²) in [7, 11) is 0. The Balaban J connectivity index is 2.70. The van der Waals surface area contributed by atoms with Gasteiger partial charge in [-0.3, -0.25) is 9.69 Å². The van der Waals surface area contributed by atoms with Gasteiger partial charge >= 0.3 is 0 Å². The fourth-order valence-electron chi connectivity index (χ4n) is 2.31. The van der Waals surface area contributed by atoms with E-state index in [2.05, 4.69) is 19.2 Å². The number of carbonyl (C=O) groups excluding carboxylic acids is 1. The minimum absolute atomic E-state index is 0.0177. The van der Waals surface area contributed by atoms with Crippen LogP contribution in [-0.4, -0.2) is 42.2 Å². The second-order valence-electron chi connectivity index (χ2n) is 5.01. The fourth-order valence-corrected chi connectivity index (χ4v) is 2.31. The highest BCUT2D eigenvalue weighted by Crippen LogP contribution is 2.20. The van der Waals surface area contributed by atoms with Gasteiger partial charge in [-0.1, -0.05) is 32.0 Å². The topological polar surface area (TPSA) is 52.6 Å². The van der Waals surface area contributed by atoms with E-state index < -0.39 is 0 Å². The van der Waals surface area contributed by atoms with Gasteiger partial charge in [0.25, 0.3) is 0 Å². The first-order valence-electron chi connectivity index (χ1n) is 7.33. The lowest BCUT2D eigenvalue weighted by Gasteiger charge is -2.21. The summed E-state index contributed by atoms with van der Waals surface area (Å²) in [5.74, 6) is -0.0177.